The lowest BCUT2D eigenvalue weighted by molar-refractivity contribution is 0.413. The lowest BCUT2D eigenvalue weighted by Crippen LogP contribution is -2.00. The van der Waals surface area contributed by atoms with Gasteiger partial charge in [-0.2, -0.15) is 0 Å². The maximum absolute atomic E-state index is 5.41. The van der Waals surface area contributed by atoms with Crippen molar-refractivity contribution < 1.29 is 4.74 Å². The minimum atomic E-state index is 0.627. The van der Waals surface area contributed by atoms with Crippen LogP contribution in [-0.2, 0) is 0 Å². The average molecular weight is 282 g/mol. The van der Waals surface area contributed by atoms with Crippen molar-refractivity contribution in [2.45, 2.75) is 0 Å². The van der Waals surface area contributed by atoms with Gasteiger partial charge >= 0.3 is 0 Å². The maximum Gasteiger partial charge on any atom is 0.182 e. The molecular formula is C16H14N2OS. The Bertz CT molecular complexity index is 845. The smallest absolute Gasteiger partial charge is 0.182 e. The van der Waals surface area contributed by atoms with Gasteiger partial charge in [-0.3, -0.25) is 4.57 Å². The average Bonchev–Trinajstić information content (AvgIpc) is 2.82. The second-order valence-corrected chi connectivity index (χ2v) is 4.82. The summed E-state index contributed by atoms with van der Waals surface area (Å²) in [6.07, 6.45) is 0. The van der Waals surface area contributed by atoms with Crippen LogP contribution in [0.4, 0.5) is 0 Å². The fourth-order valence-electron chi connectivity index (χ4n) is 2.33. The Kier molecular flexibility index (Phi) is 3.16. The third kappa shape index (κ3) is 1.94. The first-order valence-electron chi connectivity index (χ1n) is 6.25. The minimum Gasteiger partial charge on any atom is -0.496 e. The zero-order valence-electron chi connectivity index (χ0n) is 11.1. The molecule has 0 saturated heterocycles. The predicted molar refractivity (Wildman–Crippen MR) is 84.5 cm³/mol. The van der Waals surface area contributed by atoms with Crippen LogP contribution in [0.2, 0.25) is 0 Å². The number of rotatable bonds is 3. The van der Waals surface area contributed by atoms with Crippen molar-refractivity contribution in [1.29, 1.82) is 0 Å². The summed E-state index contributed by atoms with van der Waals surface area (Å²) in [7, 11) is 1.65. The number of para-hydroxylation sites is 3. The number of aromatic amines is 1. The highest BCUT2D eigenvalue weighted by molar-refractivity contribution is 7.71. The molecule has 1 N–H and O–H groups in total. The van der Waals surface area contributed by atoms with Crippen molar-refractivity contribution in [3.05, 3.63) is 65.4 Å². The molecular weight excluding hydrogens is 268 g/mol. The molecule has 0 radical (unpaired) electrons. The lowest BCUT2D eigenvalue weighted by Gasteiger charge is -2.12. The summed E-state index contributed by atoms with van der Waals surface area (Å²) in [5.74, 6) is 0.782. The van der Waals surface area contributed by atoms with Crippen molar-refractivity contribution in [2.75, 3.05) is 7.11 Å². The van der Waals surface area contributed by atoms with E-state index in [4.69, 9.17) is 17.0 Å². The number of hydrogen-bond acceptors (Lipinski definition) is 2. The van der Waals surface area contributed by atoms with Crippen LogP contribution in [0.5, 0.6) is 5.75 Å². The molecule has 0 aliphatic heterocycles. The Morgan fingerprint density at radius 1 is 1.15 bits per heavy atom. The molecule has 1 heterocycles. The van der Waals surface area contributed by atoms with Gasteiger partial charge in [0.1, 0.15) is 5.75 Å². The summed E-state index contributed by atoms with van der Waals surface area (Å²) in [4.78, 5) is 3.19. The van der Waals surface area contributed by atoms with Gasteiger partial charge in [0.2, 0.25) is 0 Å². The van der Waals surface area contributed by atoms with Crippen LogP contribution in [-0.4, -0.2) is 16.7 Å². The first-order chi connectivity index (χ1) is 9.72. The third-order valence-electron chi connectivity index (χ3n) is 3.28. The van der Waals surface area contributed by atoms with E-state index in [0.717, 1.165) is 28.0 Å². The van der Waals surface area contributed by atoms with E-state index in [9.17, 15) is 0 Å². The van der Waals surface area contributed by atoms with Crippen LogP contribution in [0.1, 0.15) is 5.56 Å². The molecule has 2 aromatic carbocycles. The summed E-state index contributed by atoms with van der Waals surface area (Å²) in [6, 6.07) is 15.8. The predicted octanol–water partition coefficient (Wildman–Crippen LogP) is 4.23. The quantitative estimate of drug-likeness (QED) is 0.729. The molecule has 4 heteroatoms. The molecule has 0 fully saturated rings. The van der Waals surface area contributed by atoms with E-state index in [0.29, 0.717) is 4.77 Å². The number of nitrogens with zero attached hydrogens (tertiary/aromatic N) is 1. The number of nitrogens with one attached hydrogen (secondary N) is 1. The van der Waals surface area contributed by atoms with Crippen LogP contribution >= 0.6 is 12.2 Å². The van der Waals surface area contributed by atoms with Gasteiger partial charge in [0.15, 0.2) is 4.77 Å². The molecule has 0 saturated carbocycles. The number of aromatic nitrogens is 2. The highest BCUT2D eigenvalue weighted by Crippen LogP contribution is 2.28. The summed E-state index contributed by atoms with van der Waals surface area (Å²) < 4.78 is 7.96. The maximum atomic E-state index is 5.41. The van der Waals surface area contributed by atoms with E-state index >= 15 is 0 Å². The molecule has 0 aliphatic carbocycles. The summed E-state index contributed by atoms with van der Waals surface area (Å²) in [5.41, 5.74) is 3.72. The van der Waals surface area contributed by atoms with Gasteiger partial charge in [-0.05, 0) is 36.5 Å². The number of benzene rings is 2. The summed E-state index contributed by atoms with van der Waals surface area (Å²) in [5, 5.41) is 0. The molecule has 0 spiro atoms. The number of ether oxygens (including phenoxy) is 1. The zero-order chi connectivity index (χ0) is 14.1. The highest BCUT2D eigenvalue weighted by Gasteiger charge is 2.12. The number of H-pyrrole nitrogens is 1. The Hall–Kier alpha value is -2.33. The van der Waals surface area contributed by atoms with E-state index in [-0.39, 0.29) is 0 Å². The van der Waals surface area contributed by atoms with Crippen LogP contribution in [0.15, 0.2) is 55.1 Å². The van der Waals surface area contributed by atoms with E-state index in [2.05, 4.69) is 11.6 Å². The minimum absolute atomic E-state index is 0.627. The first kappa shape index (κ1) is 12.7. The molecule has 3 aromatic rings. The molecule has 3 nitrogen and oxygen atoms in total. The second kappa shape index (κ2) is 4.98. The van der Waals surface area contributed by atoms with E-state index in [1.54, 1.807) is 7.11 Å². The lowest BCUT2D eigenvalue weighted by atomic mass is 10.1. The summed E-state index contributed by atoms with van der Waals surface area (Å²) >= 11 is 5.41. The first-order valence-corrected chi connectivity index (χ1v) is 6.65. The Morgan fingerprint density at radius 3 is 2.65 bits per heavy atom. The SMILES string of the molecule is C=C(c1ccccc1OC)n1c(=S)[nH]c2ccccc21. The van der Waals surface area contributed by atoms with E-state index < -0.39 is 0 Å². The standard InChI is InChI=1S/C16H14N2OS/c1-11(12-7-3-6-10-15(12)19-2)18-14-9-5-4-8-13(14)17-16(18)20/h3-10H,1H2,2H3,(H,17,20). The molecule has 100 valence electrons. The number of imidazole rings is 1. The molecule has 3 rings (SSSR count). The molecule has 0 atom stereocenters. The fourth-order valence-corrected chi connectivity index (χ4v) is 2.64. The Balaban J connectivity index is 2.23. The van der Waals surface area contributed by atoms with Crippen LogP contribution < -0.4 is 4.74 Å². The van der Waals surface area contributed by atoms with Gasteiger partial charge < -0.3 is 9.72 Å². The van der Waals surface area contributed by atoms with Crippen molar-refractivity contribution in [1.82, 2.24) is 9.55 Å². The molecule has 0 amide bonds. The van der Waals surface area contributed by atoms with Gasteiger partial charge in [0.25, 0.3) is 0 Å². The normalized spacial score (nSPS) is 10.7. The number of hydrogen-bond donors (Lipinski definition) is 1. The fraction of sp³-hybridized carbons (Fsp3) is 0.0625. The largest absolute Gasteiger partial charge is 0.496 e. The molecule has 0 bridgehead atoms. The van der Waals surface area contributed by atoms with Gasteiger partial charge in [0, 0.05) is 5.56 Å². The van der Waals surface area contributed by atoms with Crippen molar-refractivity contribution >= 4 is 28.9 Å². The number of methoxy groups -OCH3 is 1. The molecule has 0 aliphatic rings. The van der Waals surface area contributed by atoms with Crippen LogP contribution in [0.3, 0.4) is 0 Å². The third-order valence-corrected chi connectivity index (χ3v) is 3.56. The van der Waals surface area contributed by atoms with E-state index in [1.165, 1.54) is 0 Å². The summed E-state index contributed by atoms with van der Waals surface area (Å²) in [6.45, 7) is 4.18. The van der Waals surface area contributed by atoms with E-state index in [1.807, 2.05) is 53.1 Å². The van der Waals surface area contributed by atoms with Crippen LogP contribution in [0, 0.1) is 4.77 Å². The molecule has 1 aromatic heterocycles. The van der Waals surface area contributed by atoms with Crippen molar-refractivity contribution in [2.24, 2.45) is 0 Å². The Morgan fingerprint density at radius 2 is 1.85 bits per heavy atom. The van der Waals surface area contributed by atoms with Crippen molar-refractivity contribution in [3.8, 4) is 5.75 Å². The van der Waals surface area contributed by atoms with Gasteiger partial charge in [-0.15, -0.1) is 0 Å². The van der Waals surface area contributed by atoms with Gasteiger partial charge in [0.05, 0.1) is 23.8 Å². The van der Waals surface area contributed by atoms with Crippen molar-refractivity contribution in [3.63, 3.8) is 0 Å². The highest BCUT2D eigenvalue weighted by atomic mass is 32.1. The zero-order valence-corrected chi connectivity index (χ0v) is 11.9. The molecule has 0 unspecified atom stereocenters. The van der Waals surface area contributed by atoms with Gasteiger partial charge in [-0.1, -0.05) is 30.8 Å². The Labute approximate surface area is 122 Å². The monoisotopic (exact) mass is 282 g/mol. The van der Waals surface area contributed by atoms with Crippen LogP contribution in [0.25, 0.3) is 16.7 Å². The molecule has 20 heavy (non-hydrogen) atoms. The topological polar surface area (TPSA) is 29.9 Å². The van der Waals surface area contributed by atoms with Gasteiger partial charge in [-0.25, -0.2) is 0 Å². The second-order valence-electron chi connectivity index (χ2n) is 4.43. The number of fused-ring (bicyclic) bond motifs is 1.